The maximum absolute atomic E-state index is 13.2. The normalized spacial score (nSPS) is 11.0. The molecule has 0 aliphatic heterocycles. The molecule has 0 aliphatic rings. The third kappa shape index (κ3) is 4.32. The van der Waals surface area contributed by atoms with Gasteiger partial charge in [0.25, 0.3) is 0 Å². The van der Waals surface area contributed by atoms with Gasteiger partial charge in [-0.05, 0) is 56.3 Å². The lowest BCUT2D eigenvalue weighted by Crippen LogP contribution is -2.28. The second-order valence-corrected chi connectivity index (χ2v) is 7.63. The summed E-state index contributed by atoms with van der Waals surface area (Å²) >= 11 is 0. The number of hydrogen-bond donors (Lipinski definition) is 0. The van der Waals surface area contributed by atoms with Crippen LogP contribution in [0.1, 0.15) is 17.0 Å². The minimum atomic E-state index is -0.542. The predicted molar refractivity (Wildman–Crippen MR) is 123 cm³/mol. The quantitative estimate of drug-likeness (QED) is 0.429. The molecule has 2 aromatic carbocycles. The van der Waals surface area contributed by atoms with Crippen LogP contribution in [-0.4, -0.2) is 40.8 Å². The first-order chi connectivity index (χ1) is 15.5. The van der Waals surface area contributed by atoms with Crippen LogP contribution in [0, 0.1) is 13.8 Å². The monoisotopic (exact) mass is 432 g/mol. The van der Waals surface area contributed by atoms with Gasteiger partial charge in [-0.3, -0.25) is 4.79 Å². The first-order valence-electron chi connectivity index (χ1n) is 10.4. The Hall–Kier alpha value is -3.74. The highest BCUT2D eigenvalue weighted by Gasteiger charge is 2.22. The Morgan fingerprint density at radius 3 is 2.50 bits per heavy atom. The second-order valence-electron chi connectivity index (χ2n) is 7.63. The van der Waals surface area contributed by atoms with Crippen LogP contribution in [0.5, 0.6) is 5.75 Å². The minimum Gasteiger partial charge on any atom is -0.491 e. The zero-order valence-corrected chi connectivity index (χ0v) is 18.4. The van der Waals surface area contributed by atoms with Crippen molar-refractivity contribution in [2.24, 2.45) is 0 Å². The number of benzene rings is 2. The fraction of sp³-hybridized carbons (Fsp3) is 0.240. The molecule has 0 aliphatic carbocycles. The molecule has 2 heterocycles. The van der Waals surface area contributed by atoms with Gasteiger partial charge in [0.1, 0.15) is 19.0 Å². The number of alkyl halides is 1. The summed E-state index contributed by atoms with van der Waals surface area (Å²) in [5.41, 5.74) is 5.59. The zero-order chi connectivity index (χ0) is 22.7. The number of amides is 1. The Labute approximate surface area is 186 Å². The molecular weight excluding hydrogens is 407 g/mol. The van der Waals surface area contributed by atoms with E-state index < -0.39 is 6.67 Å². The number of anilines is 1. The maximum Gasteiger partial charge on any atom is 0.231 e. The zero-order valence-electron chi connectivity index (χ0n) is 18.4. The van der Waals surface area contributed by atoms with Crippen molar-refractivity contribution < 1.29 is 13.9 Å². The number of likely N-dealkylation sites (N-methyl/N-ethyl adjacent to an activating group) is 1. The van der Waals surface area contributed by atoms with Gasteiger partial charge in [0, 0.05) is 35.2 Å². The van der Waals surface area contributed by atoms with Gasteiger partial charge in [-0.15, -0.1) is 0 Å². The van der Waals surface area contributed by atoms with Gasteiger partial charge in [0.05, 0.1) is 12.1 Å². The van der Waals surface area contributed by atoms with E-state index in [-0.39, 0.29) is 18.9 Å². The summed E-state index contributed by atoms with van der Waals surface area (Å²) < 4.78 is 19.5. The maximum atomic E-state index is 13.2. The number of rotatable bonds is 7. The van der Waals surface area contributed by atoms with E-state index in [1.54, 1.807) is 28.6 Å². The van der Waals surface area contributed by atoms with Crippen molar-refractivity contribution in [1.29, 1.82) is 0 Å². The van der Waals surface area contributed by atoms with E-state index in [0.29, 0.717) is 17.1 Å². The Kier molecular flexibility index (Phi) is 6.16. The highest BCUT2D eigenvalue weighted by molar-refractivity contribution is 5.96. The van der Waals surface area contributed by atoms with Crippen molar-refractivity contribution in [3.05, 3.63) is 77.6 Å². The molecule has 0 unspecified atom stereocenters. The molecule has 32 heavy (non-hydrogen) atoms. The van der Waals surface area contributed by atoms with Crippen LogP contribution in [0.4, 0.5) is 10.1 Å². The van der Waals surface area contributed by atoms with Gasteiger partial charge in [0.15, 0.2) is 5.65 Å². The average molecular weight is 432 g/mol. The fourth-order valence-corrected chi connectivity index (χ4v) is 3.69. The van der Waals surface area contributed by atoms with Crippen LogP contribution in [0.3, 0.4) is 0 Å². The molecule has 7 heteroatoms. The van der Waals surface area contributed by atoms with Crippen molar-refractivity contribution in [1.82, 2.24) is 14.6 Å². The molecule has 4 rings (SSSR count). The third-order valence-electron chi connectivity index (χ3n) is 5.31. The van der Waals surface area contributed by atoms with E-state index in [0.717, 1.165) is 28.2 Å². The summed E-state index contributed by atoms with van der Waals surface area (Å²) in [6, 6.07) is 18.8. The molecule has 4 aromatic rings. The van der Waals surface area contributed by atoms with E-state index in [1.807, 2.05) is 62.4 Å². The molecule has 0 saturated heterocycles. The Bertz CT molecular complexity index is 1240. The number of carbonyl (C=O) groups excluding carboxylic acids is 1. The summed E-state index contributed by atoms with van der Waals surface area (Å²) in [6.45, 7) is 3.37. The smallest absolute Gasteiger partial charge is 0.231 e. The van der Waals surface area contributed by atoms with Gasteiger partial charge in [0.2, 0.25) is 5.91 Å². The molecule has 1 amide bonds. The molecule has 0 N–H and O–H groups in total. The largest absolute Gasteiger partial charge is 0.491 e. The summed E-state index contributed by atoms with van der Waals surface area (Å²) in [5.74, 6) is 0.526. The molecule has 164 valence electrons. The molecular formula is C25H25FN4O2. The molecule has 0 fully saturated rings. The topological polar surface area (TPSA) is 59.7 Å². The summed E-state index contributed by atoms with van der Waals surface area (Å²) in [6.07, 6.45) is 0.153. The van der Waals surface area contributed by atoms with Gasteiger partial charge < -0.3 is 9.64 Å². The van der Waals surface area contributed by atoms with Crippen LogP contribution in [0.15, 0.2) is 60.7 Å². The number of para-hydroxylation sites is 1. The van der Waals surface area contributed by atoms with Crippen LogP contribution in [0.2, 0.25) is 0 Å². The Balaban J connectivity index is 1.75. The molecule has 0 radical (unpaired) electrons. The highest BCUT2D eigenvalue weighted by atomic mass is 19.1. The van der Waals surface area contributed by atoms with Crippen molar-refractivity contribution in [2.75, 3.05) is 25.2 Å². The minimum absolute atomic E-state index is 0.0156. The van der Waals surface area contributed by atoms with E-state index >= 15 is 0 Å². The summed E-state index contributed by atoms with van der Waals surface area (Å²) in [7, 11) is 1.77. The number of ether oxygens (including phenoxy) is 1. The molecule has 0 bridgehead atoms. The molecule has 6 nitrogen and oxygen atoms in total. The van der Waals surface area contributed by atoms with E-state index in [1.165, 1.54) is 0 Å². The van der Waals surface area contributed by atoms with E-state index in [4.69, 9.17) is 9.84 Å². The number of carbonyl (C=O) groups is 1. The molecule has 2 aromatic heterocycles. The van der Waals surface area contributed by atoms with Crippen molar-refractivity contribution in [2.45, 2.75) is 20.3 Å². The van der Waals surface area contributed by atoms with Crippen LogP contribution in [0.25, 0.3) is 16.9 Å². The Morgan fingerprint density at radius 1 is 1.09 bits per heavy atom. The molecule has 0 saturated carbocycles. The van der Waals surface area contributed by atoms with Gasteiger partial charge in [-0.2, -0.15) is 5.10 Å². The van der Waals surface area contributed by atoms with Crippen LogP contribution >= 0.6 is 0 Å². The average Bonchev–Trinajstić information content (AvgIpc) is 3.16. The van der Waals surface area contributed by atoms with Crippen molar-refractivity contribution in [3.8, 4) is 17.0 Å². The van der Waals surface area contributed by atoms with Crippen molar-refractivity contribution in [3.63, 3.8) is 0 Å². The number of aryl methyl sites for hydroxylation is 2. The molecule has 0 spiro atoms. The summed E-state index contributed by atoms with van der Waals surface area (Å²) in [5, 5.41) is 4.78. The standard InChI is InChI=1S/C25H25FN4O2/c1-17-15-18(2)30-25(27-17)22(16-23(31)29(3)20-7-5-4-6-8-20)24(28-30)19-9-11-21(12-10-19)32-14-13-26/h4-12,15H,13-14,16H2,1-3H3. The van der Waals surface area contributed by atoms with E-state index in [2.05, 4.69) is 4.98 Å². The SMILES string of the molecule is Cc1cc(C)n2nc(-c3ccc(OCCF)cc3)c(CC(=O)N(C)c3ccccc3)c2n1. The van der Waals surface area contributed by atoms with Crippen LogP contribution < -0.4 is 9.64 Å². The lowest BCUT2D eigenvalue weighted by atomic mass is 10.0. The Morgan fingerprint density at radius 2 is 1.81 bits per heavy atom. The number of halogens is 1. The number of hydrogen-bond acceptors (Lipinski definition) is 4. The van der Waals surface area contributed by atoms with Gasteiger partial charge in [-0.25, -0.2) is 13.9 Å². The first-order valence-corrected chi connectivity index (χ1v) is 10.4. The summed E-state index contributed by atoms with van der Waals surface area (Å²) in [4.78, 5) is 19.5. The lowest BCUT2D eigenvalue weighted by Gasteiger charge is -2.17. The highest BCUT2D eigenvalue weighted by Crippen LogP contribution is 2.29. The number of nitrogens with zero attached hydrogens (tertiary/aromatic N) is 4. The predicted octanol–water partition coefficient (Wildman–Crippen LogP) is 4.57. The number of fused-ring (bicyclic) bond motifs is 1. The fourth-order valence-electron chi connectivity index (χ4n) is 3.69. The van der Waals surface area contributed by atoms with E-state index in [9.17, 15) is 9.18 Å². The molecule has 0 atom stereocenters. The van der Waals surface area contributed by atoms with Gasteiger partial charge in [-0.1, -0.05) is 18.2 Å². The van der Waals surface area contributed by atoms with Crippen LogP contribution in [-0.2, 0) is 11.2 Å². The first kappa shape index (κ1) is 21.5. The van der Waals surface area contributed by atoms with Crippen molar-refractivity contribution >= 4 is 17.2 Å². The number of aromatic nitrogens is 3. The third-order valence-corrected chi connectivity index (χ3v) is 5.31. The lowest BCUT2D eigenvalue weighted by molar-refractivity contribution is -0.117. The van der Waals surface area contributed by atoms with Gasteiger partial charge >= 0.3 is 0 Å². The second kappa shape index (κ2) is 9.18.